The molecule has 1 saturated heterocycles. The van der Waals surface area contributed by atoms with Gasteiger partial charge >= 0.3 is 0 Å². The van der Waals surface area contributed by atoms with Gasteiger partial charge in [0.05, 0.1) is 0 Å². The fraction of sp³-hybridized carbons (Fsp3) is 0.778. The number of piperazine rings is 1. The molecule has 1 aliphatic heterocycles. The van der Waals surface area contributed by atoms with E-state index in [2.05, 4.69) is 5.32 Å². The first kappa shape index (κ1) is 11.0. The Morgan fingerprint density at radius 2 is 2.43 bits per heavy atom. The predicted octanol–water partition coefficient (Wildman–Crippen LogP) is -0.630. The van der Waals surface area contributed by atoms with Crippen molar-refractivity contribution in [3.05, 3.63) is 0 Å². The fourth-order valence-corrected chi connectivity index (χ4v) is 1.63. The number of amides is 2. The van der Waals surface area contributed by atoms with E-state index in [0.29, 0.717) is 19.5 Å². The van der Waals surface area contributed by atoms with Crippen LogP contribution in [0.5, 0.6) is 0 Å². The maximum absolute atomic E-state index is 11.5. The molecule has 0 radical (unpaired) electrons. The number of nitrogens with one attached hydrogen (secondary N) is 1. The lowest BCUT2D eigenvalue weighted by atomic mass is 10.1. The Morgan fingerprint density at radius 1 is 1.71 bits per heavy atom. The van der Waals surface area contributed by atoms with E-state index in [1.165, 1.54) is 7.11 Å². The lowest BCUT2D eigenvalue weighted by molar-refractivity contribution is -0.146. The standard InChI is InChI=1S/C9H16N2O3/c1-3-7-9(13)10-4-5-11(7)8(12)6-14-2/h7H,3-6H2,1-2H3,(H,10,13). The van der Waals surface area contributed by atoms with Gasteiger partial charge < -0.3 is 15.0 Å². The summed E-state index contributed by atoms with van der Waals surface area (Å²) in [5.41, 5.74) is 0. The average molecular weight is 200 g/mol. The van der Waals surface area contributed by atoms with Crippen LogP contribution < -0.4 is 5.32 Å². The minimum Gasteiger partial charge on any atom is -0.375 e. The zero-order valence-corrected chi connectivity index (χ0v) is 8.58. The van der Waals surface area contributed by atoms with Crippen LogP contribution in [-0.2, 0) is 14.3 Å². The summed E-state index contributed by atoms with van der Waals surface area (Å²) in [6, 6.07) is -0.327. The fourth-order valence-electron chi connectivity index (χ4n) is 1.63. The smallest absolute Gasteiger partial charge is 0.249 e. The predicted molar refractivity (Wildman–Crippen MR) is 50.7 cm³/mol. The quantitative estimate of drug-likeness (QED) is 0.660. The summed E-state index contributed by atoms with van der Waals surface area (Å²) in [4.78, 5) is 24.5. The van der Waals surface area contributed by atoms with E-state index < -0.39 is 0 Å². The van der Waals surface area contributed by atoms with Crippen molar-refractivity contribution in [2.24, 2.45) is 0 Å². The molecule has 1 fully saturated rings. The van der Waals surface area contributed by atoms with Crippen molar-refractivity contribution in [1.29, 1.82) is 0 Å². The zero-order valence-electron chi connectivity index (χ0n) is 8.58. The van der Waals surface area contributed by atoms with Crippen LogP contribution in [0.15, 0.2) is 0 Å². The van der Waals surface area contributed by atoms with Crippen LogP contribution in [-0.4, -0.2) is 49.6 Å². The van der Waals surface area contributed by atoms with Crippen LogP contribution >= 0.6 is 0 Å². The van der Waals surface area contributed by atoms with Gasteiger partial charge in [0.15, 0.2) is 0 Å². The molecule has 1 unspecified atom stereocenters. The molecule has 5 nitrogen and oxygen atoms in total. The molecular formula is C9H16N2O3. The van der Waals surface area contributed by atoms with Crippen LogP contribution in [0.4, 0.5) is 0 Å². The molecule has 0 aromatic heterocycles. The molecule has 0 aromatic rings. The van der Waals surface area contributed by atoms with Crippen molar-refractivity contribution in [3.8, 4) is 0 Å². The Balaban J connectivity index is 2.64. The molecule has 0 aliphatic carbocycles. The largest absolute Gasteiger partial charge is 0.375 e. The number of rotatable bonds is 3. The number of methoxy groups -OCH3 is 1. The molecule has 80 valence electrons. The van der Waals surface area contributed by atoms with Crippen molar-refractivity contribution in [1.82, 2.24) is 10.2 Å². The van der Waals surface area contributed by atoms with Gasteiger partial charge in [-0.3, -0.25) is 9.59 Å². The molecule has 1 N–H and O–H groups in total. The average Bonchev–Trinajstić information content (AvgIpc) is 2.17. The molecule has 0 spiro atoms. The zero-order chi connectivity index (χ0) is 10.6. The summed E-state index contributed by atoms with van der Waals surface area (Å²) in [5.74, 6) is -0.183. The number of hydrogen-bond donors (Lipinski definition) is 1. The van der Waals surface area contributed by atoms with Crippen molar-refractivity contribution in [2.75, 3.05) is 26.8 Å². The second-order valence-corrected chi connectivity index (χ2v) is 3.24. The normalized spacial score (nSPS) is 22.0. The van der Waals surface area contributed by atoms with Gasteiger partial charge in [-0.05, 0) is 6.42 Å². The highest BCUT2D eigenvalue weighted by Gasteiger charge is 2.30. The van der Waals surface area contributed by atoms with Gasteiger partial charge in [-0.2, -0.15) is 0 Å². The first-order valence-electron chi connectivity index (χ1n) is 4.76. The Hall–Kier alpha value is -1.10. The van der Waals surface area contributed by atoms with Gasteiger partial charge in [-0.15, -0.1) is 0 Å². The second kappa shape index (κ2) is 4.95. The van der Waals surface area contributed by atoms with Crippen LogP contribution in [0.3, 0.4) is 0 Å². The highest BCUT2D eigenvalue weighted by atomic mass is 16.5. The van der Waals surface area contributed by atoms with E-state index in [9.17, 15) is 9.59 Å². The van der Waals surface area contributed by atoms with E-state index in [1.54, 1.807) is 4.90 Å². The van der Waals surface area contributed by atoms with E-state index in [4.69, 9.17) is 4.74 Å². The topological polar surface area (TPSA) is 58.6 Å². The van der Waals surface area contributed by atoms with Gasteiger partial charge in [0, 0.05) is 20.2 Å². The van der Waals surface area contributed by atoms with Crippen LogP contribution in [0.1, 0.15) is 13.3 Å². The summed E-state index contributed by atoms with van der Waals surface area (Å²) in [7, 11) is 1.48. The summed E-state index contributed by atoms with van der Waals surface area (Å²) in [6.45, 7) is 3.05. The summed E-state index contributed by atoms with van der Waals surface area (Å²) in [6.07, 6.45) is 0.640. The molecule has 14 heavy (non-hydrogen) atoms. The third-order valence-corrected chi connectivity index (χ3v) is 2.31. The monoisotopic (exact) mass is 200 g/mol. The number of nitrogens with zero attached hydrogens (tertiary/aromatic N) is 1. The maximum atomic E-state index is 11.5. The van der Waals surface area contributed by atoms with Crippen LogP contribution in [0, 0.1) is 0 Å². The van der Waals surface area contributed by atoms with Crippen molar-refractivity contribution >= 4 is 11.8 Å². The first-order valence-corrected chi connectivity index (χ1v) is 4.76. The van der Waals surface area contributed by atoms with E-state index in [0.717, 1.165) is 0 Å². The van der Waals surface area contributed by atoms with Gasteiger partial charge in [0.2, 0.25) is 11.8 Å². The SMILES string of the molecule is CCC1C(=O)NCCN1C(=O)COC. The van der Waals surface area contributed by atoms with Crippen molar-refractivity contribution in [3.63, 3.8) is 0 Å². The number of carbonyl (C=O) groups is 2. The molecule has 1 atom stereocenters. The maximum Gasteiger partial charge on any atom is 0.249 e. The molecule has 1 heterocycles. The lowest BCUT2D eigenvalue weighted by Crippen LogP contribution is -2.57. The Labute approximate surface area is 83.4 Å². The van der Waals surface area contributed by atoms with Gasteiger partial charge in [-0.1, -0.05) is 6.92 Å². The number of ether oxygens (including phenoxy) is 1. The summed E-state index contributed by atoms with van der Waals surface area (Å²) >= 11 is 0. The molecule has 5 heteroatoms. The molecular weight excluding hydrogens is 184 g/mol. The third kappa shape index (κ3) is 2.23. The lowest BCUT2D eigenvalue weighted by Gasteiger charge is -2.34. The number of hydrogen-bond acceptors (Lipinski definition) is 3. The van der Waals surface area contributed by atoms with Gasteiger partial charge in [0.1, 0.15) is 12.6 Å². The summed E-state index contributed by atoms with van der Waals surface area (Å²) in [5, 5.41) is 2.74. The van der Waals surface area contributed by atoms with Gasteiger partial charge in [-0.25, -0.2) is 0 Å². The molecule has 0 aromatic carbocycles. The van der Waals surface area contributed by atoms with E-state index in [1.807, 2.05) is 6.92 Å². The summed E-state index contributed by atoms with van der Waals surface area (Å²) < 4.78 is 4.76. The van der Waals surface area contributed by atoms with E-state index >= 15 is 0 Å². The van der Waals surface area contributed by atoms with Crippen molar-refractivity contribution in [2.45, 2.75) is 19.4 Å². The van der Waals surface area contributed by atoms with Crippen molar-refractivity contribution < 1.29 is 14.3 Å². The Bertz CT molecular complexity index is 230. The van der Waals surface area contributed by atoms with Crippen LogP contribution in [0.2, 0.25) is 0 Å². The molecule has 1 rings (SSSR count). The number of carbonyl (C=O) groups excluding carboxylic acids is 2. The molecule has 1 aliphatic rings. The first-order chi connectivity index (χ1) is 6.70. The minimum atomic E-state index is -0.327. The molecule has 0 saturated carbocycles. The van der Waals surface area contributed by atoms with Crippen LogP contribution in [0.25, 0.3) is 0 Å². The minimum absolute atomic E-state index is 0.0454. The third-order valence-electron chi connectivity index (χ3n) is 2.31. The Kier molecular flexibility index (Phi) is 3.88. The Morgan fingerprint density at radius 3 is 3.00 bits per heavy atom. The van der Waals surface area contributed by atoms with Gasteiger partial charge in [0.25, 0.3) is 0 Å². The highest BCUT2D eigenvalue weighted by molar-refractivity contribution is 5.89. The second-order valence-electron chi connectivity index (χ2n) is 3.24. The molecule has 2 amide bonds. The van der Waals surface area contributed by atoms with E-state index in [-0.39, 0.29) is 24.5 Å². The highest BCUT2D eigenvalue weighted by Crippen LogP contribution is 2.08. The molecule has 0 bridgehead atoms.